The summed E-state index contributed by atoms with van der Waals surface area (Å²) in [6.07, 6.45) is 3.76. The summed E-state index contributed by atoms with van der Waals surface area (Å²) in [6.45, 7) is 3.60. The Hall–Kier alpha value is 0.413. The summed E-state index contributed by atoms with van der Waals surface area (Å²) in [7, 11) is 0. The molecule has 0 saturated heterocycles. The van der Waals surface area contributed by atoms with Crippen molar-refractivity contribution in [2.75, 3.05) is 0 Å². The Morgan fingerprint density at radius 3 is 2.08 bits per heavy atom. The van der Waals surface area contributed by atoms with Crippen LogP contribution in [-0.4, -0.2) is 0 Å². The van der Waals surface area contributed by atoms with Crippen LogP contribution >= 0.6 is 27.2 Å². The largest absolute Gasteiger partial charge is 0.245 e. The van der Waals surface area contributed by atoms with Gasteiger partial charge in [-0.2, -0.15) is 0 Å². The topological polar surface area (TPSA) is 0 Å². The number of hydrogen-bond donors (Lipinski definition) is 0. The van der Waals surface area contributed by atoms with E-state index in [4.69, 9.17) is 0 Å². The van der Waals surface area contributed by atoms with Crippen LogP contribution in [0.3, 0.4) is 0 Å². The molecule has 0 amide bonds. The van der Waals surface area contributed by atoms with Crippen molar-refractivity contribution in [1.82, 2.24) is 0 Å². The Labute approximate surface area is 94.8 Å². The maximum atomic E-state index is 3.60. The van der Waals surface area contributed by atoms with Crippen molar-refractivity contribution in [3.8, 4) is 0 Å². The number of allylic oxidation sites excluding steroid dienone is 1. The van der Waals surface area contributed by atoms with E-state index in [1.807, 2.05) is 36.4 Å². The van der Waals surface area contributed by atoms with Crippen molar-refractivity contribution in [2.24, 2.45) is 0 Å². The number of halogens is 2. The van der Waals surface area contributed by atoms with E-state index >= 15 is 0 Å². The van der Waals surface area contributed by atoms with Crippen molar-refractivity contribution in [3.63, 3.8) is 0 Å². The molecule has 3 heteroatoms. The van der Waals surface area contributed by atoms with Gasteiger partial charge in [0, 0.05) is 0 Å². The van der Waals surface area contributed by atoms with Gasteiger partial charge in [-0.3, -0.25) is 0 Å². The van der Waals surface area contributed by atoms with Crippen LogP contribution in [0.2, 0.25) is 0 Å². The molecule has 0 unspecified atom stereocenters. The summed E-state index contributed by atoms with van der Waals surface area (Å²) in [5, 5.41) is 0. The fourth-order valence-corrected chi connectivity index (χ4v) is 0.700. The van der Waals surface area contributed by atoms with Crippen LogP contribution in [0.1, 0.15) is 5.56 Å². The third kappa shape index (κ3) is 7.08. The molecule has 0 N–H and O–H groups in total. The smallest absolute Gasteiger partial charge is 0.0623 e. The van der Waals surface area contributed by atoms with Crippen molar-refractivity contribution < 1.29 is 13.2 Å². The summed E-state index contributed by atoms with van der Waals surface area (Å²) in [6, 6.07) is 10.1. The van der Waals surface area contributed by atoms with E-state index in [0.717, 1.165) is 0 Å². The molecular formula is C9H9Br2Zn-. The predicted molar refractivity (Wildman–Crippen MR) is 58.7 cm³/mol. The first-order valence-electron chi connectivity index (χ1n) is 3.48. The molecule has 0 bridgehead atoms. The standard InChI is InChI=1S/C9H9.2BrH.Zn/c1-2-6-9-7-4-3-5-8-9;;;/h2-8H,1H2;2*1H;/q-1;;;+2/p-2/b6-2+;;;. The second kappa shape index (κ2) is 9.50. The zero-order valence-corrected chi connectivity index (χ0v) is 12.9. The van der Waals surface area contributed by atoms with Crippen LogP contribution in [0.15, 0.2) is 36.4 Å². The van der Waals surface area contributed by atoms with E-state index in [1.54, 1.807) is 6.08 Å². The maximum Gasteiger partial charge on any atom is -0.0623 e. The zero-order chi connectivity index (χ0) is 9.23. The van der Waals surface area contributed by atoms with Crippen molar-refractivity contribution in [3.05, 3.63) is 48.9 Å². The van der Waals surface area contributed by atoms with Crippen LogP contribution < -0.4 is 0 Å². The van der Waals surface area contributed by atoms with Crippen LogP contribution in [0.25, 0.3) is 6.08 Å². The van der Waals surface area contributed by atoms with Gasteiger partial charge in [0.1, 0.15) is 0 Å². The van der Waals surface area contributed by atoms with E-state index in [0.29, 0.717) is 0 Å². The molecule has 0 radical (unpaired) electrons. The molecule has 0 heterocycles. The minimum Gasteiger partial charge on any atom is -0.245 e. The molecular weight excluding hydrogens is 333 g/mol. The van der Waals surface area contributed by atoms with Crippen molar-refractivity contribution in [2.45, 2.75) is 0 Å². The Balaban J connectivity index is 0.000000354. The van der Waals surface area contributed by atoms with Gasteiger partial charge in [-0.05, 0) is 0 Å². The maximum absolute atomic E-state index is 3.60. The second-order valence-electron chi connectivity index (χ2n) is 1.91. The number of hydrogen-bond acceptors (Lipinski definition) is 0. The van der Waals surface area contributed by atoms with Gasteiger partial charge in [0.15, 0.2) is 0 Å². The second-order valence-corrected chi connectivity index (χ2v) is 16.0. The summed E-state index contributed by atoms with van der Waals surface area (Å²) in [4.78, 5) is 0. The van der Waals surface area contributed by atoms with Crippen LogP contribution in [-0.2, 0) is 13.2 Å². The Morgan fingerprint density at radius 1 is 1.17 bits per heavy atom. The molecule has 12 heavy (non-hydrogen) atoms. The van der Waals surface area contributed by atoms with Gasteiger partial charge in [0.25, 0.3) is 0 Å². The Morgan fingerprint density at radius 2 is 1.67 bits per heavy atom. The van der Waals surface area contributed by atoms with Gasteiger partial charge in [0.05, 0.1) is 0 Å². The molecule has 0 aliphatic rings. The van der Waals surface area contributed by atoms with Crippen molar-refractivity contribution >= 4 is 33.3 Å². The first kappa shape index (κ1) is 12.4. The fraction of sp³-hybridized carbons (Fsp3) is 0. The number of benzene rings is 1. The normalized spacial score (nSPS) is 8.50. The SMILES string of the molecule is [Br][Zn][Br].[CH2-]/C=C/c1ccccc1. The minimum atomic E-state index is -0.250. The summed E-state index contributed by atoms with van der Waals surface area (Å²) in [5.41, 5.74) is 1.20. The van der Waals surface area contributed by atoms with Gasteiger partial charge in [0.2, 0.25) is 0 Å². The molecule has 0 aromatic heterocycles. The van der Waals surface area contributed by atoms with Gasteiger partial charge in [-0.1, -0.05) is 30.3 Å². The molecule has 0 aliphatic heterocycles. The molecule has 0 aliphatic carbocycles. The average molecular weight is 342 g/mol. The zero-order valence-electron chi connectivity index (χ0n) is 6.71. The molecule has 0 nitrogen and oxygen atoms in total. The average Bonchev–Trinajstić information content (AvgIpc) is 2.08. The number of rotatable bonds is 1. The molecule has 1 aromatic rings. The third-order valence-corrected chi connectivity index (χ3v) is 1.11. The third-order valence-electron chi connectivity index (χ3n) is 1.11. The van der Waals surface area contributed by atoms with Gasteiger partial charge in [-0.15, -0.1) is 5.56 Å². The van der Waals surface area contributed by atoms with E-state index in [9.17, 15) is 0 Å². The minimum absolute atomic E-state index is 0.250. The molecule has 0 spiro atoms. The van der Waals surface area contributed by atoms with E-state index < -0.39 is 0 Å². The molecule has 1 aromatic carbocycles. The van der Waals surface area contributed by atoms with Crippen LogP contribution in [0.5, 0.6) is 0 Å². The predicted octanol–water partition coefficient (Wildman–Crippen LogP) is 4.22. The molecule has 0 fully saturated rings. The molecule has 1 rings (SSSR count). The first-order valence-corrected chi connectivity index (χ1v) is 17.4. The van der Waals surface area contributed by atoms with Crippen LogP contribution in [0.4, 0.5) is 0 Å². The van der Waals surface area contributed by atoms with E-state index in [2.05, 4.69) is 34.2 Å². The van der Waals surface area contributed by atoms with Gasteiger partial charge in [-0.25, -0.2) is 19.1 Å². The first-order chi connectivity index (χ1) is 5.85. The molecule has 0 saturated carbocycles. The van der Waals surface area contributed by atoms with E-state index in [-0.39, 0.29) is 13.2 Å². The quantitative estimate of drug-likeness (QED) is 0.529. The summed E-state index contributed by atoms with van der Waals surface area (Å²) in [5.74, 6) is 0. The Bertz CT molecular complexity index is 209. The van der Waals surface area contributed by atoms with Crippen molar-refractivity contribution in [1.29, 1.82) is 0 Å². The summed E-state index contributed by atoms with van der Waals surface area (Å²) < 4.78 is 0. The molecule has 0 atom stereocenters. The fourth-order valence-electron chi connectivity index (χ4n) is 0.700. The van der Waals surface area contributed by atoms with Gasteiger partial charge >= 0.3 is 40.5 Å². The van der Waals surface area contributed by atoms with E-state index in [1.165, 1.54) is 5.56 Å². The van der Waals surface area contributed by atoms with Crippen LogP contribution in [0, 0.1) is 6.92 Å². The molecule has 62 valence electrons. The monoisotopic (exact) mass is 339 g/mol. The summed E-state index contributed by atoms with van der Waals surface area (Å²) >= 11 is 6.25. The van der Waals surface area contributed by atoms with Gasteiger partial charge < -0.3 is 0 Å². The Kier molecular flexibility index (Phi) is 9.83.